The smallest absolute Gasteiger partial charge is 0.306 e. The molecule has 3 atom stereocenters. The fraction of sp³-hybridized carbons (Fsp3) is 0.882. The molecule has 460 valence electrons. The van der Waals surface area contributed by atoms with Crippen molar-refractivity contribution in [2.24, 2.45) is 0 Å². The Balaban J connectivity index is 4.93. The minimum atomic E-state index is -4.70. The predicted octanol–water partition coefficient (Wildman–Crippen LogP) is 20.4. The van der Waals surface area contributed by atoms with E-state index in [-0.39, 0.29) is 31.5 Å². The number of rotatable bonds is 62. The number of ether oxygens (including phenoxy) is 1. The van der Waals surface area contributed by atoms with Gasteiger partial charge in [0.1, 0.15) is 19.3 Å². The molecule has 0 aliphatic heterocycles. The average Bonchev–Trinajstić information content (AvgIpc) is 3.40. The molecular formula is C68H131N2O7P. The molecule has 0 spiro atoms. The molecule has 3 unspecified atom stereocenters. The van der Waals surface area contributed by atoms with Crippen molar-refractivity contribution >= 4 is 19.7 Å². The lowest BCUT2D eigenvalue weighted by molar-refractivity contribution is -0.870. The van der Waals surface area contributed by atoms with Gasteiger partial charge in [-0.15, -0.1) is 0 Å². The Morgan fingerprint density at radius 2 is 0.821 bits per heavy atom. The zero-order chi connectivity index (χ0) is 57.2. The summed E-state index contributed by atoms with van der Waals surface area (Å²) in [5.74, 6) is -0.536. The first-order valence-corrected chi connectivity index (χ1v) is 35.3. The van der Waals surface area contributed by atoms with Crippen molar-refractivity contribution in [1.82, 2.24) is 5.32 Å². The summed E-state index contributed by atoms with van der Waals surface area (Å²) in [5, 5.41) is 3.03. The summed E-state index contributed by atoms with van der Waals surface area (Å²) in [6, 6.07) is -0.888. The first-order chi connectivity index (χ1) is 37.9. The highest BCUT2D eigenvalue weighted by Gasteiger charge is 2.27. The molecule has 9 nitrogen and oxygen atoms in total. The number of hydrogen-bond donors (Lipinski definition) is 1. The van der Waals surface area contributed by atoms with Gasteiger partial charge in [-0.2, -0.15) is 0 Å². The summed E-state index contributed by atoms with van der Waals surface area (Å²) in [5.41, 5.74) is 0. The number of hydrogen-bond acceptors (Lipinski definition) is 7. The van der Waals surface area contributed by atoms with Crippen molar-refractivity contribution in [2.45, 2.75) is 348 Å². The van der Waals surface area contributed by atoms with Crippen LogP contribution in [0, 0.1) is 0 Å². The number of phosphoric acid groups is 1. The summed E-state index contributed by atoms with van der Waals surface area (Å²) in [6.45, 7) is 6.77. The molecule has 0 aromatic heterocycles. The van der Waals surface area contributed by atoms with E-state index in [2.05, 4.69) is 50.4 Å². The van der Waals surface area contributed by atoms with Crippen LogP contribution in [0.3, 0.4) is 0 Å². The molecule has 1 amide bonds. The quantitative estimate of drug-likeness (QED) is 0.0212. The first-order valence-electron chi connectivity index (χ1n) is 33.8. The van der Waals surface area contributed by atoms with Gasteiger partial charge in [0.2, 0.25) is 5.91 Å². The van der Waals surface area contributed by atoms with Gasteiger partial charge in [-0.25, -0.2) is 0 Å². The topological polar surface area (TPSA) is 114 Å². The highest BCUT2D eigenvalue weighted by Crippen LogP contribution is 2.38. The van der Waals surface area contributed by atoms with E-state index >= 15 is 0 Å². The van der Waals surface area contributed by atoms with Crippen LogP contribution in [-0.2, 0) is 27.9 Å². The number of nitrogens with zero attached hydrogens (tertiary/aromatic N) is 1. The van der Waals surface area contributed by atoms with Gasteiger partial charge in [0.25, 0.3) is 7.82 Å². The number of carbonyl (C=O) groups excluding carboxylic acids is 2. The maximum atomic E-state index is 13.5. The molecule has 0 aliphatic rings. The molecule has 0 saturated carbocycles. The Hall–Kier alpha value is -1.77. The predicted molar refractivity (Wildman–Crippen MR) is 335 cm³/mol. The lowest BCUT2D eigenvalue weighted by atomic mass is 10.0. The number of nitrogens with one attached hydrogen (secondary N) is 1. The van der Waals surface area contributed by atoms with Crippen LogP contribution < -0.4 is 10.2 Å². The van der Waals surface area contributed by atoms with Crippen molar-refractivity contribution in [2.75, 3.05) is 40.9 Å². The molecule has 0 aliphatic carbocycles. The van der Waals surface area contributed by atoms with Crippen molar-refractivity contribution in [3.63, 3.8) is 0 Å². The van der Waals surface area contributed by atoms with Crippen LogP contribution >= 0.6 is 7.82 Å². The second-order valence-corrected chi connectivity index (χ2v) is 25.7. The van der Waals surface area contributed by atoms with Crippen LogP contribution in [0.15, 0.2) is 36.5 Å². The zero-order valence-corrected chi connectivity index (χ0v) is 53.5. The average molecular weight is 1120 g/mol. The highest BCUT2D eigenvalue weighted by atomic mass is 31.2. The number of esters is 1. The Kier molecular flexibility index (Phi) is 57.1. The molecule has 0 aromatic rings. The van der Waals surface area contributed by atoms with Crippen molar-refractivity contribution < 1.29 is 37.3 Å². The summed E-state index contributed by atoms with van der Waals surface area (Å²) >= 11 is 0. The van der Waals surface area contributed by atoms with Gasteiger partial charge in [-0.3, -0.25) is 14.2 Å². The molecule has 0 saturated heterocycles. The fourth-order valence-electron chi connectivity index (χ4n) is 10.2. The molecular weight excluding hydrogens is 988 g/mol. The third-order valence-electron chi connectivity index (χ3n) is 15.3. The second-order valence-electron chi connectivity index (χ2n) is 24.3. The molecule has 10 heteroatoms. The number of unbranched alkanes of at least 4 members (excludes halogenated alkanes) is 42. The van der Waals surface area contributed by atoms with E-state index < -0.39 is 20.0 Å². The minimum Gasteiger partial charge on any atom is -0.756 e. The summed E-state index contributed by atoms with van der Waals surface area (Å²) in [7, 11) is 1.19. The largest absolute Gasteiger partial charge is 0.756 e. The van der Waals surface area contributed by atoms with Crippen molar-refractivity contribution in [3.8, 4) is 0 Å². The summed E-state index contributed by atoms with van der Waals surface area (Å²) in [4.78, 5) is 40.0. The molecule has 0 heterocycles. The molecule has 0 bridgehead atoms. The third-order valence-corrected chi connectivity index (χ3v) is 16.3. The van der Waals surface area contributed by atoms with E-state index in [1.807, 2.05) is 33.3 Å². The van der Waals surface area contributed by atoms with Crippen LogP contribution in [-0.4, -0.2) is 69.4 Å². The number of carbonyl (C=O) groups is 2. The molecule has 0 radical (unpaired) electrons. The van der Waals surface area contributed by atoms with Crippen LogP contribution in [0.1, 0.15) is 335 Å². The number of quaternary nitrogens is 1. The van der Waals surface area contributed by atoms with Gasteiger partial charge in [0.05, 0.1) is 33.8 Å². The van der Waals surface area contributed by atoms with Gasteiger partial charge in [0.15, 0.2) is 0 Å². The van der Waals surface area contributed by atoms with Gasteiger partial charge < -0.3 is 28.5 Å². The van der Waals surface area contributed by atoms with Crippen LogP contribution in [0.25, 0.3) is 0 Å². The van der Waals surface area contributed by atoms with Crippen LogP contribution in [0.2, 0.25) is 0 Å². The Morgan fingerprint density at radius 3 is 1.22 bits per heavy atom. The molecule has 0 fully saturated rings. The fourth-order valence-corrected chi connectivity index (χ4v) is 10.9. The van der Waals surface area contributed by atoms with Gasteiger partial charge in [-0.1, -0.05) is 302 Å². The van der Waals surface area contributed by atoms with E-state index in [0.717, 1.165) is 83.5 Å². The zero-order valence-electron chi connectivity index (χ0n) is 52.6. The number of likely N-dealkylation sites (N-methyl/N-ethyl adjacent to an activating group) is 1. The number of phosphoric ester groups is 1. The van der Waals surface area contributed by atoms with Crippen molar-refractivity contribution in [1.29, 1.82) is 0 Å². The Labute approximate surface area is 485 Å². The Bertz CT molecular complexity index is 1430. The summed E-state index contributed by atoms with van der Waals surface area (Å²) in [6.07, 6.45) is 71.4. The number of amides is 1. The van der Waals surface area contributed by atoms with Crippen LogP contribution in [0.5, 0.6) is 0 Å². The Morgan fingerprint density at radius 1 is 0.462 bits per heavy atom. The molecule has 0 rings (SSSR count). The molecule has 1 N–H and O–H groups in total. The maximum Gasteiger partial charge on any atom is 0.306 e. The number of allylic oxidation sites excluding steroid dienone is 5. The lowest BCUT2D eigenvalue weighted by Crippen LogP contribution is -2.47. The minimum absolute atomic E-state index is 0.0218. The second kappa shape index (κ2) is 58.4. The lowest BCUT2D eigenvalue weighted by Gasteiger charge is -2.30. The monoisotopic (exact) mass is 1120 g/mol. The van der Waals surface area contributed by atoms with Crippen molar-refractivity contribution in [3.05, 3.63) is 36.5 Å². The molecule has 0 aromatic carbocycles. The van der Waals surface area contributed by atoms with Gasteiger partial charge in [0, 0.05) is 12.8 Å². The van der Waals surface area contributed by atoms with Gasteiger partial charge >= 0.3 is 5.97 Å². The first kappa shape index (κ1) is 76.2. The van der Waals surface area contributed by atoms with Gasteiger partial charge in [-0.05, 0) is 57.4 Å². The normalized spacial score (nSPS) is 13.8. The third kappa shape index (κ3) is 58.9. The molecule has 78 heavy (non-hydrogen) atoms. The van der Waals surface area contributed by atoms with E-state index in [9.17, 15) is 19.0 Å². The van der Waals surface area contributed by atoms with Crippen LogP contribution in [0.4, 0.5) is 0 Å². The summed E-state index contributed by atoms with van der Waals surface area (Å²) < 4.78 is 30.3. The maximum absolute atomic E-state index is 13.5. The van der Waals surface area contributed by atoms with E-state index in [4.69, 9.17) is 13.8 Å². The standard InChI is InChI=1S/C68H131N2O7P/c1-7-10-13-16-19-22-25-27-29-30-31-32-33-34-35-36-37-38-39-40-41-43-46-49-52-55-58-61-68(72)77-66(59-56-53-50-47-44-24-21-18-15-12-9-3)65(64-76-78(73,74)75-63-62-70(4,5)6)69-67(71)60-57-54-51-48-45-42-28-26-23-20-17-14-11-8-2/h11,14,20,23,56,59,65-66H,7-10,12-13,15-19,21-22,24-55,57-58,60-64H2,1-6H3,(H-,69,71,73,74)/b14-11+,23-20+,59-56-. The SMILES string of the molecule is CC/C=C/C/C=C/CCCCCCCCCC(=O)NC(COP(=O)([O-])OCC[N+](C)(C)C)C(/C=C\CCCCCCCCCCC)OC(=O)CCCCCCCCCCCCCCCCCCCCCCCCCCCCC. The van der Waals surface area contributed by atoms with E-state index in [1.165, 1.54) is 218 Å². The van der Waals surface area contributed by atoms with E-state index in [0.29, 0.717) is 17.4 Å². The highest BCUT2D eigenvalue weighted by molar-refractivity contribution is 7.45. The van der Waals surface area contributed by atoms with E-state index in [1.54, 1.807) is 0 Å².